The zero-order valence-electron chi connectivity index (χ0n) is 16.4. The molecular weight excluding hydrogens is 447 g/mol. The largest absolute Gasteiger partial charge is 0.481 e. The minimum Gasteiger partial charge on any atom is -0.481 e. The molecule has 4 N–H and O–H groups in total. The normalized spacial score (nSPS) is 17.2. The van der Waals surface area contributed by atoms with Crippen molar-refractivity contribution in [3.63, 3.8) is 0 Å². The van der Waals surface area contributed by atoms with Gasteiger partial charge in [-0.1, -0.05) is 41.9 Å². The number of nitrogens with two attached hydrogens (primary N) is 2. The molecule has 1 aliphatic rings. The van der Waals surface area contributed by atoms with Crippen molar-refractivity contribution in [3.8, 4) is 22.8 Å². The van der Waals surface area contributed by atoms with Crippen LogP contribution in [0.4, 0.5) is 13.2 Å². The Morgan fingerprint density at radius 3 is 2.56 bits per heavy atom. The molecule has 4 rings (SSSR count). The highest BCUT2D eigenvalue weighted by atomic mass is 35.5. The lowest BCUT2D eigenvalue weighted by atomic mass is 9.86. The summed E-state index contributed by atoms with van der Waals surface area (Å²) in [4.78, 5) is 15.5. The van der Waals surface area contributed by atoms with Gasteiger partial charge in [-0.3, -0.25) is 4.79 Å². The summed E-state index contributed by atoms with van der Waals surface area (Å²) in [6.07, 6.45) is 1.06. The number of rotatable bonds is 6. The van der Waals surface area contributed by atoms with Crippen LogP contribution in [0.25, 0.3) is 11.1 Å². The summed E-state index contributed by atoms with van der Waals surface area (Å²) in [5.74, 6) is -2.93. The molecule has 166 valence electrons. The summed E-state index contributed by atoms with van der Waals surface area (Å²) in [6.45, 7) is -3.24. The maximum atomic E-state index is 15.3. The third-order valence-electron chi connectivity index (χ3n) is 5.32. The lowest BCUT2D eigenvalue weighted by Crippen LogP contribution is -2.39. The highest BCUT2D eigenvalue weighted by molar-refractivity contribution is 6.34. The van der Waals surface area contributed by atoms with Gasteiger partial charge in [-0.05, 0) is 17.7 Å². The number of carbonyl (C=O) groups is 1. The van der Waals surface area contributed by atoms with Crippen LogP contribution in [0.3, 0.4) is 0 Å². The molecule has 6 nitrogen and oxygen atoms in total. The molecule has 1 aromatic heterocycles. The molecule has 0 aliphatic carbocycles. The minimum absolute atomic E-state index is 0.0591. The molecule has 0 fully saturated rings. The Balaban J connectivity index is 1.94. The summed E-state index contributed by atoms with van der Waals surface area (Å²) in [6, 6.07) is 12.2. The quantitative estimate of drug-likeness (QED) is 0.575. The van der Waals surface area contributed by atoms with E-state index in [1.54, 1.807) is 6.07 Å². The SMILES string of the molecule is NCC1(c2ccccc2)Cc2c(ccc(Cl)c2-c2c(C(N)=O)cnc(OC(F)F)c2F)O1. The number of nitrogens with zero attached hydrogens (tertiary/aromatic N) is 1. The molecule has 0 saturated heterocycles. The fourth-order valence-corrected chi connectivity index (χ4v) is 4.15. The average molecular weight is 464 g/mol. The van der Waals surface area contributed by atoms with Crippen molar-refractivity contribution < 1.29 is 27.4 Å². The second-order valence-electron chi connectivity index (χ2n) is 7.15. The Labute approximate surface area is 185 Å². The lowest BCUT2D eigenvalue weighted by molar-refractivity contribution is -0.0552. The second-order valence-corrected chi connectivity index (χ2v) is 7.56. The number of amides is 1. The molecule has 1 atom stereocenters. The number of pyridine rings is 1. The number of hydrogen-bond acceptors (Lipinski definition) is 5. The molecule has 1 unspecified atom stereocenters. The van der Waals surface area contributed by atoms with E-state index >= 15 is 4.39 Å². The molecule has 2 aromatic carbocycles. The summed E-state index contributed by atoms with van der Waals surface area (Å²) in [5.41, 5.74) is 11.1. The summed E-state index contributed by atoms with van der Waals surface area (Å²) in [7, 11) is 0. The van der Waals surface area contributed by atoms with Crippen LogP contribution in [0.2, 0.25) is 5.02 Å². The van der Waals surface area contributed by atoms with Crippen molar-refractivity contribution in [1.29, 1.82) is 0 Å². The Bertz CT molecular complexity index is 1190. The van der Waals surface area contributed by atoms with Gasteiger partial charge in [-0.2, -0.15) is 8.78 Å². The molecule has 32 heavy (non-hydrogen) atoms. The highest BCUT2D eigenvalue weighted by Gasteiger charge is 2.42. The number of carbonyl (C=O) groups excluding carboxylic acids is 1. The van der Waals surface area contributed by atoms with Crippen molar-refractivity contribution in [3.05, 3.63) is 76.2 Å². The van der Waals surface area contributed by atoms with E-state index in [1.807, 2.05) is 30.3 Å². The second kappa shape index (κ2) is 8.33. The van der Waals surface area contributed by atoms with E-state index in [4.69, 9.17) is 27.8 Å². The molecule has 0 bridgehead atoms. The van der Waals surface area contributed by atoms with E-state index in [0.717, 1.165) is 11.8 Å². The van der Waals surface area contributed by atoms with Gasteiger partial charge in [0.15, 0.2) is 11.4 Å². The summed E-state index contributed by atoms with van der Waals surface area (Å²) in [5, 5.41) is 0.0591. The molecule has 1 aliphatic heterocycles. The van der Waals surface area contributed by atoms with Gasteiger partial charge in [0, 0.05) is 40.9 Å². The zero-order valence-corrected chi connectivity index (χ0v) is 17.2. The molecular formula is C22H17ClF3N3O3. The van der Waals surface area contributed by atoms with E-state index < -0.39 is 35.4 Å². The molecule has 0 saturated carbocycles. The van der Waals surface area contributed by atoms with Crippen molar-refractivity contribution in [2.24, 2.45) is 11.5 Å². The highest BCUT2D eigenvalue weighted by Crippen LogP contribution is 2.49. The first-order valence-electron chi connectivity index (χ1n) is 9.47. The first-order chi connectivity index (χ1) is 15.3. The van der Waals surface area contributed by atoms with Crippen molar-refractivity contribution >= 4 is 17.5 Å². The van der Waals surface area contributed by atoms with Crippen molar-refractivity contribution in [2.75, 3.05) is 6.54 Å². The van der Waals surface area contributed by atoms with Crippen LogP contribution in [0.15, 0.2) is 48.7 Å². The standard InChI is InChI=1S/C22H17ClF3N3O3/c23-14-6-7-15-12(8-22(10-27,32-15)11-4-2-1-3-5-11)16(14)17-13(19(28)30)9-29-20(18(17)24)31-21(25)26/h1-7,9,21H,8,10,27H2,(H2,28,30). The van der Waals surface area contributed by atoms with Gasteiger partial charge < -0.3 is 20.9 Å². The van der Waals surface area contributed by atoms with Crippen LogP contribution in [0.5, 0.6) is 11.6 Å². The van der Waals surface area contributed by atoms with Crippen LogP contribution in [0.1, 0.15) is 21.5 Å². The van der Waals surface area contributed by atoms with E-state index in [2.05, 4.69) is 9.72 Å². The van der Waals surface area contributed by atoms with E-state index in [-0.39, 0.29) is 29.1 Å². The Kier molecular flexibility index (Phi) is 5.70. The first kappa shape index (κ1) is 21.9. The number of ether oxygens (including phenoxy) is 2. The number of halogens is 4. The van der Waals surface area contributed by atoms with Gasteiger partial charge in [0.1, 0.15) is 5.75 Å². The van der Waals surface area contributed by atoms with E-state index in [0.29, 0.717) is 11.3 Å². The van der Waals surface area contributed by atoms with Crippen molar-refractivity contribution in [2.45, 2.75) is 18.6 Å². The van der Waals surface area contributed by atoms with Crippen molar-refractivity contribution in [1.82, 2.24) is 4.98 Å². The van der Waals surface area contributed by atoms with E-state index in [1.165, 1.54) is 6.07 Å². The predicted octanol–water partition coefficient (Wildman–Crippen LogP) is 4.03. The predicted molar refractivity (Wildman–Crippen MR) is 111 cm³/mol. The number of aromatic nitrogens is 1. The van der Waals surface area contributed by atoms with Crippen LogP contribution in [-0.2, 0) is 12.0 Å². The Morgan fingerprint density at radius 2 is 1.94 bits per heavy atom. The van der Waals surface area contributed by atoms with Crippen LogP contribution in [-0.4, -0.2) is 24.0 Å². The average Bonchev–Trinajstić information content (AvgIpc) is 3.16. The molecule has 0 radical (unpaired) electrons. The summed E-state index contributed by atoms with van der Waals surface area (Å²) < 4.78 is 51.2. The van der Waals surface area contributed by atoms with Gasteiger partial charge in [-0.15, -0.1) is 0 Å². The molecule has 0 spiro atoms. The van der Waals surface area contributed by atoms with Gasteiger partial charge >= 0.3 is 6.61 Å². The number of fused-ring (bicyclic) bond motifs is 1. The topological polar surface area (TPSA) is 100 Å². The smallest absolute Gasteiger partial charge is 0.388 e. The van der Waals surface area contributed by atoms with E-state index in [9.17, 15) is 13.6 Å². The van der Waals surface area contributed by atoms with Gasteiger partial charge in [-0.25, -0.2) is 9.37 Å². The molecule has 10 heteroatoms. The van der Waals surface area contributed by atoms with Gasteiger partial charge in [0.25, 0.3) is 11.8 Å². The van der Waals surface area contributed by atoms with Gasteiger partial charge in [0.2, 0.25) is 0 Å². The minimum atomic E-state index is -3.33. The number of primary amides is 1. The van der Waals surface area contributed by atoms with Crippen LogP contribution in [0, 0.1) is 5.82 Å². The molecule has 1 amide bonds. The third-order valence-corrected chi connectivity index (χ3v) is 5.63. The molecule has 2 heterocycles. The van der Waals surface area contributed by atoms with Gasteiger partial charge in [0.05, 0.1) is 5.56 Å². The van der Waals surface area contributed by atoms with Crippen LogP contribution >= 0.6 is 11.6 Å². The summed E-state index contributed by atoms with van der Waals surface area (Å²) >= 11 is 6.42. The maximum Gasteiger partial charge on any atom is 0.388 e. The number of hydrogen-bond donors (Lipinski definition) is 2. The fraction of sp³-hybridized carbons (Fsp3) is 0.182. The Morgan fingerprint density at radius 1 is 1.22 bits per heavy atom. The first-order valence-corrected chi connectivity index (χ1v) is 9.84. The number of benzene rings is 2. The number of alkyl halides is 2. The fourth-order valence-electron chi connectivity index (χ4n) is 3.88. The third kappa shape index (κ3) is 3.63. The van der Waals surface area contributed by atoms with Crippen LogP contribution < -0.4 is 20.9 Å². The monoisotopic (exact) mass is 463 g/mol. The Hall–Kier alpha value is -3.30. The molecule has 3 aromatic rings. The maximum absolute atomic E-state index is 15.3. The zero-order chi connectivity index (χ0) is 23.0. The lowest BCUT2D eigenvalue weighted by Gasteiger charge is -2.27.